The molecule has 0 saturated carbocycles. The molecule has 0 radical (unpaired) electrons. The second kappa shape index (κ2) is 2.40. The number of hydrogen-bond donors (Lipinski definition) is 1. The van der Waals surface area contributed by atoms with Gasteiger partial charge in [0, 0.05) is 0 Å². The van der Waals surface area contributed by atoms with Crippen LogP contribution in [0.4, 0.5) is 0 Å². The van der Waals surface area contributed by atoms with E-state index >= 15 is 0 Å². The van der Waals surface area contributed by atoms with Crippen molar-refractivity contribution in [2.45, 2.75) is 6.92 Å². The highest BCUT2D eigenvalue weighted by molar-refractivity contribution is 8.07. The molecule has 0 aromatic heterocycles. The zero-order chi connectivity index (χ0) is 4.28. The molecule has 0 rings (SSSR count). The van der Waals surface area contributed by atoms with Crippen LogP contribution in [0.3, 0.4) is 0 Å². The summed E-state index contributed by atoms with van der Waals surface area (Å²) >= 11 is 3.92. The van der Waals surface area contributed by atoms with Crippen molar-refractivity contribution in [2.75, 3.05) is 0 Å². The average Bonchev–Trinajstić information content (AvgIpc) is 1.38. The molecule has 0 unspecified atom stereocenters. The summed E-state index contributed by atoms with van der Waals surface area (Å²) in [6.45, 7) is 6.35. The first-order valence-corrected chi connectivity index (χ1v) is 2.16. The standard InChI is InChI=1S/C3H7BS/c1-3(2)4-5/h4-5H,1H2,2H3. The van der Waals surface area contributed by atoms with Crippen molar-refractivity contribution in [3.8, 4) is 0 Å². The van der Waals surface area contributed by atoms with E-state index in [1.165, 1.54) is 0 Å². The molecule has 0 N–H and O–H groups in total. The summed E-state index contributed by atoms with van der Waals surface area (Å²) < 4.78 is 0. The van der Waals surface area contributed by atoms with Crippen LogP contribution < -0.4 is 0 Å². The van der Waals surface area contributed by atoms with Gasteiger partial charge in [0.05, 0.1) is 0 Å². The molecule has 0 aromatic rings. The first kappa shape index (κ1) is 5.15. The molecule has 0 aliphatic heterocycles. The van der Waals surface area contributed by atoms with Crippen LogP contribution >= 0.6 is 12.5 Å². The first-order chi connectivity index (χ1) is 2.27. The highest BCUT2D eigenvalue weighted by atomic mass is 32.1. The van der Waals surface area contributed by atoms with Gasteiger partial charge in [-0.1, -0.05) is 6.92 Å². The molecule has 28 valence electrons. The predicted molar refractivity (Wildman–Crippen MR) is 30.9 cm³/mol. The molecule has 5 heavy (non-hydrogen) atoms. The molecule has 0 heterocycles. The molecule has 0 aromatic carbocycles. The van der Waals surface area contributed by atoms with Crippen LogP contribution in [-0.2, 0) is 0 Å². The first-order valence-electron chi connectivity index (χ1n) is 1.52. The Morgan fingerprint density at radius 2 is 2.20 bits per heavy atom. The average molecular weight is 86.0 g/mol. The van der Waals surface area contributed by atoms with E-state index in [2.05, 4.69) is 19.1 Å². The minimum atomic E-state index is 0.806. The van der Waals surface area contributed by atoms with E-state index in [4.69, 9.17) is 0 Å². The molecular formula is C3H7BS. The van der Waals surface area contributed by atoms with E-state index < -0.39 is 0 Å². The van der Waals surface area contributed by atoms with E-state index in [0.717, 1.165) is 12.0 Å². The fourth-order valence-electron chi connectivity index (χ4n) is 0. The lowest BCUT2D eigenvalue weighted by Gasteiger charge is -1.75. The second-order valence-electron chi connectivity index (χ2n) is 1.12. The molecule has 0 nitrogen and oxygen atoms in total. The van der Waals surface area contributed by atoms with Gasteiger partial charge < -0.3 is 0 Å². The lowest BCUT2D eigenvalue weighted by Crippen LogP contribution is -1.73. The Balaban J connectivity index is 2.85. The molecule has 2 heteroatoms. The molecule has 0 saturated heterocycles. The zero-order valence-electron chi connectivity index (χ0n) is 3.36. The van der Waals surface area contributed by atoms with E-state index in [9.17, 15) is 0 Å². The Morgan fingerprint density at radius 1 is 2.00 bits per heavy atom. The van der Waals surface area contributed by atoms with Crippen LogP contribution in [-0.4, -0.2) is 6.56 Å². The quantitative estimate of drug-likeness (QED) is 0.354. The normalized spacial score (nSPS) is 6.80. The number of allylic oxidation sites excluding steroid dienone is 1. The molecule has 0 spiro atoms. The maximum atomic E-state index is 3.92. The smallest absolute Gasteiger partial charge is 0.214 e. The molecule has 0 fully saturated rings. The maximum absolute atomic E-state index is 3.92. The van der Waals surface area contributed by atoms with Gasteiger partial charge in [-0.25, -0.2) is 12.5 Å². The largest absolute Gasteiger partial charge is 0.226 e. The third-order valence-electron chi connectivity index (χ3n) is 0.270. The third-order valence-corrected chi connectivity index (χ3v) is 0.810. The summed E-state index contributed by atoms with van der Waals surface area (Å²) in [6, 6.07) is 0. The fraction of sp³-hybridized carbons (Fsp3) is 0.333. The van der Waals surface area contributed by atoms with Crippen molar-refractivity contribution in [3.63, 3.8) is 0 Å². The van der Waals surface area contributed by atoms with E-state index in [0.29, 0.717) is 0 Å². The van der Waals surface area contributed by atoms with Gasteiger partial charge in [0.2, 0.25) is 6.56 Å². The topological polar surface area (TPSA) is 0 Å². The van der Waals surface area contributed by atoms with Crippen LogP contribution in [0.15, 0.2) is 12.1 Å². The lowest BCUT2D eigenvalue weighted by atomic mass is 9.99. The van der Waals surface area contributed by atoms with Crippen LogP contribution in [0.1, 0.15) is 6.92 Å². The van der Waals surface area contributed by atoms with Gasteiger partial charge in [0.1, 0.15) is 0 Å². The summed E-state index contributed by atoms with van der Waals surface area (Å²) in [4.78, 5) is 0. The van der Waals surface area contributed by atoms with Gasteiger partial charge >= 0.3 is 0 Å². The molecule has 0 atom stereocenters. The van der Waals surface area contributed by atoms with Crippen LogP contribution in [0.25, 0.3) is 0 Å². The number of rotatable bonds is 1. The molecule has 0 aliphatic carbocycles. The van der Waals surface area contributed by atoms with Crippen molar-refractivity contribution in [1.29, 1.82) is 0 Å². The van der Waals surface area contributed by atoms with Gasteiger partial charge in [-0.2, -0.15) is 0 Å². The second-order valence-corrected chi connectivity index (χ2v) is 1.43. The van der Waals surface area contributed by atoms with Crippen molar-refractivity contribution in [2.24, 2.45) is 0 Å². The monoisotopic (exact) mass is 86.0 g/mol. The van der Waals surface area contributed by atoms with Crippen molar-refractivity contribution in [1.82, 2.24) is 0 Å². The van der Waals surface area contributed by atoms with Crippen LogP contribution in [0.2, 0.25) is 0 Å². The molecular weight excluding hydrogens is 78.9 g/mol. The minimum Gasteiger partial charge on any atom is -0.226 e. The van der Waals surface area contributed by atoms with Crippen LogP contribution in [0, 0.1) is 0 Å². The van der Waals surface area contributed by atoms with Crippen molar-refractivity contribution >= 4 is 19.0 Å². The van der Waals surface area contributed by atoms with Crippen molar-refractivity contribution in [3.05, 3.63) is 12.1 Å². The van der Waals surface area contributed by atoms with Crippen molar-refractivity contribution < 1.29 is 0 Å². The van der Waals surface area contributed by atoms with E-state index in [-0.39, 0.29) is 0 Å². The Morgan fingerprint density at radius 3 is 2.20 bits per heavy atom. The Bertz CT molecular complexity index is 42.2. The molecule has 0 bridgehead atoms. The Hall–Kier alpha value is 0.155. The highest BCUT2D eigenvalue weighted by Gasteiger charge is 1.73. The number of hydrogen-bond acceptors (Lipinski definition) is 1. The predicted octanol–water partition coefficient (Wildman–Crippen LogP) is 0.801. The highest BCUT2D eigenvalue weighted by Crippen LogP contribution is 1.81. The third kappa shape index (κ3) is 4.15. The maximum Gasteiger partial charge on any atom is 0.214 e. The lowest BCUT2D eigenvalue weighted by molar-refractivity contribution is 1.71. The summed E-state index contributed by atoms with van der Waals surface area (Å²) in [5.41, 5.74) is 1.12. The van der Waals surface area contributed by atoms with Gasteiger partial charge in [-0.15, -0.1) is 12.1 Å². The molecule has 0 amide bonds. The summed E-state index contributed by atoms with van der Waals surface area (Å²) in [6.07, 6.45) is 0. The Labute approximate surface area is 38.8 Å². The van der Waals surface area contributed by atoms with E-state index in [1.54, 1.807) is 0 Å². The minimum absolute atomic E-state index is 0.806. The summed E-state index contributed by atoms with van der Waals surface area (Å²) in [5.74, 6) is 0. The Kier molecular flexibility index (Phi) is 2.47. The SMILES string of the molecule is C=C(C)BS. The fourth-order valence-corrected chi connectivity index (χ4v) is 0. The molecule has 0 aliphatic rings. The van der Waals surface area contributed by atoms with Gasteiger partial charge in [-0.05, 0) is 0 Å². The van der Waals surface area contributed by atoms with Gasteiger partial charge in [0.15, 0.2) is 0 Å². The van der Waals surface area contributed by atoms with Gasteiger partial charge in [-0.3, -0.25) is 0 Å². The van der Waals surface area contributed by atoms with Crippen LogP contribution in [0.5, 0.6) is 0 Å². The van der Waals surface area contributed by atoms with Gasteiger partial charge in [0.25, 0.3) is 0 Å². The van der Waals surface area contributed by atoms with E-state index in [1.807, 2.05) is 6.92 Å². The number of thiol groups is 1. The zero-order valence-corrected chi connectivity index (χ0v) is 4.26. The summed E-state index contributed by atoms with van der Waals surface area (Å²) in [5, 5.41) is 0. The summed E-state index contributed by atoms with van der Waals surface area (Å²) in [7, 11) is 0.